The quantitative estimate of drug-likeness (QED) is 0.507. The van der Waals surface area contributed by atoms with Crippen LogP contribution in [0.25, 0.3) is 0 Å². The van der Waals surface area contributed by atoms with Gasteiger partial charge in [0, 0.05) is 6.54 Å². The number of hydrogen-bond donors (Lipinski definition) is 1. The summed E-state index contributed by atoms with van der Waals surface area (Å²) in [7, 11) is 0. The van der Waals surface area contributed by atoms with Gasteiger partial charge in [0.25, 0.3) is 0 Å². The molecule has 1 aliphatic rings. The first kappa shape index (κ1) is 10.8. The van der Waals surface area contributed by atoms with Crippen molar-refractivity contribution in [3.8, 4) is 0 Å². The standard InChI is InChI=1S/C12H23N/c1-3-8-13-10-11(2)9-12-6-4-5-7-12/h9,12-13H,3-8,10H2,1-2H3. The maximum Gasteiger partial charge on any atom is 0.0161 e. The van der Waals surface area contributed by atoms with Crippen LogP contribution in [0.4, 0.5) is 0 Å². The molecule has 13 heavy (non-hydrogen) atoms. The average Bonchev–Trinajstić information content (AvgIpc) is 2.57. The van der Waals surface area contributed by atoms with Gasteiger partial charge in [0.15, 0.2) is 0 Å². The molecule has 1 N–H and O–H groups in total. The maximum absolute atomic E-state index is 3.44. The summed E-state index contributed by atoms with van der Waals surface area (Å²) in [6, 6.07) is 0. The van der Waals surface area contributed by atoms with Crippen molar-refractivity contribution < 1.29 is 0 Å². The van der Waals surface area contributed by atoms with Gasteiger partial charge >= 0.3 is 0 Å². The highest BCUT2D eigenvalue weighted by Crippen LogP contribution is 2.26. The average molecular weight is 181 g/mol. The topological polar surface area (TPSA) is 12.0 Å². The normalized spacial score (nSPS) is 19.7. The zero-order valence-electron chi connectivity index (χ0n) is 9.10. The molecule has 1 heteroatoms. The molecule has 1 rings (SSSR count). The van der Waals surface area contributed by atoms with E-state index in [0.717, 1.165) is 19.0 Å². The van der Waals surface area contributed by atoms with Crippen molar-refractivity contribution in [3.63, 3.8) is 0 Å². The molecule has 0 aliphatic heterocycles. The lowest BCUT2D eigenvalue weighted by molar-refractivity contribution is 0.664. The summed E-state index contributed by atoms with van der Waals surface area (Å²) in [5.41, 5.74) is 1.53. The van der Waals surface area contributed by atoms with Gasteiger partial charge in [0.1, 0.15) is 0 Å². The summed E-state index contributed by atoms with van der Waals surface area (Å²) in [4.78, 5) is 0. The van der Waals surface area contributed by atoms with E-state index in [4.69, 9.17) is 0 Å². The minimum Gasteiger partial charge on any atom is -0.313 e. The molecule has 0 atom stereocenters. The van der Waals surface area contributed by atoms with Gasteiger partial charge in [-0.1, -0.05) is 31.4 Å². The number of rotatable bonds is 5. The molecule has 0 aromatic rings. The highest BCUT2D eigenvalue weighted by molar-refractivity contribution is 5.04. The van der Waals surface area contributed by atoms with E-state index < -0.39 is 0 Å². The first-order valence-electron chi connectivity index (χ1n) is 5.71. The van der Waals surface area contributed by atoms with E-state index in [0.29, 0.717) is 0 Å². The van der Waals surface area contributed by atoms with Gasteiger partial charge < -0.3 is 5.32 Å². The number of nitrogens with one attached hydrogen (secondary N) is 1. The maximum atomic E-state index is 3.44. The third kappa shape index (κ3) is 4.47. The molecule has 1 nitrogen and oxygen atoms in total. The van der Waals surface area contributed by atoms with Crippen LogP contribution >= 0.6 is 0 Å². The summed E-state index contributed by atoms with van der Waals surface area (Å²) in [6.07, 6.45) is 9.44. The second-order valence-electron chi connectivity index (χ2n) is 4.23. The van der Waals surface area contributed by atoms with Crippen molar-refractivity contribution in [2.45, 2.75) is 46.0 Å². The first-order chi connectivity index (χ1) is 6.33. The second-order valence-corrected chi connectivity index (χ2v) is 4.23. The molecular weight excluding hydrogens is 158 g/mol. The Labute approximate surface area is 82.6 Å². The molecule has 0 spiro atoms. The van der Waals surface area contributed by atoms with Crippen LogP contribution in [0.15, 0.2) is 11.6 Å². The van der Waals surface area contributed by atoms with Crippen molar-refractivity contribution in [3.05, 3.63) is 11.6 Å². The Bertz CT molecular complexity index is 155. The SMILES string of the molecule is CCCNCC(C)=CC1CCCC1. The molecule has 0 amide bonds. The third-order valence-electron chi connectivity index (χ3n) is 2.75. The lowest BCUT2D eigenvalue weighted by Crippen LogP contribution is -2.17. The van der Waals surface area contributed by atoms with Gasteiger partial charge in [-0.25, -0.2) is 0 Å². The minimum atomic E-state index is 0.892. The Hall–Kier alpha value is -0.300. The zero-order chi connectivity index (χ0) is 9.52. The summed E-state index contributed by atoms with van der Waals surface area (Å²) in [5, 5.41) is 3.44. The van der Waals surface area contributed by atoms with Crippen molar-refractivity contribution >= 4 is 0 Å². The van der Waals surface area contributed by atoms with E-state index in [1.54, 1.807) is 0 Å². The van der Waals surface area contributed by atoms with Gasteiger partial charge in [-0.15, -0.1) is 0 Å². The van der Waals surface area contributed by atoms with Crippen LogP contribution in [0.2, 0.25) is 0 Å². The third-order valence-corrected chi connectivity index (χ3v) is 2.75. The molecule has 0 heterocycles. The summed E-state index contributed by atoms with van der Waals surface area (Å²) in [6.45, 7) is 6.70. The Balaban J connectivity index is 2.16. The minimum absolute atomic E-state index is 0.892. The molecule has 0 saturated heterocycles. The predicted octanol–water partition coefficient (Wildman–Crippen LogP) is 3.12. The highest BCUT2D eigenvalue weighted by atomic mass is 14.8. The summed E-state index contributed by atoms with van der Waals surface area (Å²) in [5.74, 6) is 0.892. The van der Waals surface area contributed by atoms with E-state index in [1.807, 2.05) is 0 Å². The van der Waals surface area contributed by atoms with E-state index in [1.165, 1.54) is 37.7 Å². The van der Waals surface area contributed by atoms with Gasteiger partial charge in [-0.3, -0.25) is 0 Å². The largest absolute Gasteiger partial charge is 0.313 e. The molecule has 1 saturated carbocycles. The van der Waals surface area contributed by atoms with Crippen LogP contribution in [0, 0.1) is 5.92 Å². The van der Waals surface area contributed by atoms with E-state index in [-0.39, 0.29) is 0 Å². The molecule has 0 bridgehead atoms. The number of allylic oxidation sites excluding steroid dienone is 1. The van der Waals surface area contributed by atoms with Gasteiger partial charge in [-0.2, -0.15) is 0 Å². The van der Waals surface area contributed by atoms with Crippen molar-refractivity contribution in [2.75, 3.05) is 13.1 Å². The van der Waals surface area contributed by atoms with Crippen LogP contribution in [0.3, 0.4) is 0 Å². The summed E-state index contributed by atoms with van der Waals surface area (Å²) < 4.78 is 0. The molecule has 0 unspecified atom stereocenters. The van der Waals surface area contributed by atoms with Crippen LogP contribution in [0.1, 0.15) is 46.0 Å². The lowest BCUT2D eigenvalue weighted by Gasteiger charge is -2.06. The zero-order valence-corrected chi connectivity index (χ0v) is 9.10. The molecule has 0 aromatic heterocycles. The van der Waals surface area contributed by atoms with E-state index in [9.17, 15) is 0 Å². The molecule has 76 valence electrons. The smallest absolute Gasteiger partial charge is 0.0161 e. The van der Waals surface area contributed by atoms with Crippen molar-refractivity contribution in [1.29, 1.82) is 0 Å². The fraction of sp³-hybridized carbons (Fsp3) is 0.833. The van der Waals surface area contributed by atoms with Crippen LogP contribution in [-0.2, 0) is 0 Å². The molecule has 0 radical (unpaired) electrons. The molecule has 1 fully saturated rings. The highest BCUT2D eigenvalue weighted by Gasteiger charge is 2.11. The van der Waals surface area contributed by atoms with E-state index in [2.05, 4.69) is 25.2 Å². The van der Waals surface area contributed by atoms with Crippen LogP contribution in [0.5, 0.6) is 0 Å². The second kappa shape index (κ2) is 6.20. The summed E-state index contributed by atoms with van der Waals surface area (Å²) >= 11 is 0. The first-order valence-corrected chi connectivity index (χ1v) is 5.71. The Morgan fingerprint density at radius 2 is 2.08 bits per heavy atom. The molecule has 0 aromatic carbocycles. The molecular formula is C12H23N. The van der Waals surface area contributed by atoms with Crippen molar-refractivity contribution in [1.82, 2.24) is 5.32 Å². The Morgan fingerprint density at radius 1 is 1.38 bits per heavy atom. The Morgan fingerprint density at radius 3 is 2.69 bits per heavy atom. The van der Waals surface area contributed by atoms with Crippen LogP contribution in [-0.4, -0.2) is 13.1 Å². The fourth-order valence-corrected chi connectivity index (χ4v) is 2.05. The van der Waals surface area contributed by atoms with Gasteiger partial charge in [0.05, 0.1) is 0 Å². The fourth-order valence-electron chi connectivity index (χ4n) is 2.05. The van der Waals surface area contributed by atoms with Crippen molar-refractivity contribution in [2.24, 2.45) is 5.92 Å². The molecule has 1 aliphatic carbocycles. The van der Waals surface area contributed by atoms with E-state index >= 15 is 0 Å². The lowest BCUT2D eigenvalue weighted by atomic mass is 10.1. The monoisotopic (exact) mass is 181 g/mol. The van der Waals surface area contributed by atoms with Crippen LogP contribution < -0.4 is 5.32 Å². The van der Waals surface area contributed by atoms with Gasteiger partial charge in [0.2, 0.25) is 0 Å². The number of hydrogen-bond acceptors (Lipinski definition) is 1. The Kier molecular flexibility index (Phi) is 5.14. The van der Waals surface area contributed by atoms with Gasteiger partial charge in [-0.05, 0) is 38.6 Å². The predicted molar refractivity (Wildman–Crippen MR) is 58.9 cm³/mol.